The number of esters is 1. The van der Waals surface area contributed by atoms with Crippen LogP contribution in [0, 0.1) is 5.92 Å². The van der Waals surface area contributed by atoms with E-state index in [4.69, 9.17) is 4.74 Å². The van der Waals surface area contributed by atoms with Crippen LogP contribution in [-0.4, -0.2) is 28.9 Å². The Kier molecular flexibility index (Phi) is 6.07. The fourth-order valence-electron chi connectivity index (χ4n) is 2.92. The van der Waals surface area contributed by atoms with Crippen LogP contribution in [0.3, 0.4) is 0 Å². The second-order valence-corrected chi connectivity index (χ2v) is 7.30. The Labute approximate surface area is 136 Å². The first-order valence-corrected chi connectivity index (χ1v) is 8.95. The molecule has 2 rings (SSSR count). The van der Waals surface area contributed by atoms with Crippen molar-refractivity contribution in [2.75, 3.05) is 12.4 Å². The van der Waals surface area contributed by atoms with Crippen LogP contribution in [-0.2, 0) is 20.7 Å². The van der Waals surface area contributed by atoms with Gasteiger partial charge in [-0.25, -0.2) is 0 Å². The van der Waals surface area contributed by atoms with E-state index < -0.39 is 4.75 Å². The zero-order valence-corrected chi connectivity index (χ0v) is 14.2. The molecule has 1 aliphatic rings. The number of benzene rings is 1. The summed E-state index contributed by atoms with van der Waals surface area (Å²) >= 11 is 1.48. The van der Waals surface area contributed by atoms with Crippen molar-refractivity contribution in [3.63, 3.8) is 0 Å². The quantitative estimate of drug-likeness (QED) is 0.593. The minimum Gasteiger partial charge on any atom is -0.465 e. The summed E-state index contributed by atoms with van der Waals surface area (Å²) in [5.74, 6) is 0.833. The van der Waals surface area contributed by atoms with Crippen LogP contribution in [0.4, 0.5) is 0 Å². The Morgan fingerprint density at radius 1 is 1.36 bits per heavy atom. The largest absolute Gasteiger partial charge is 0.465 e. The first-order chi connectivity index (χ1) is 10.6. The van der Waals surface area contributed by atoms with Gasteiger partial charge in [0.1, 0.15) is 0 Å². The Bertz CT molecular complexity index is 514. The normalized spacial score (nSPS) is 25.0. The minimum absolute atomic E-state index is 0.0436. The third-order valence-electron chi connectivity index (χ3n) is 4.14. The van der Waals surface area contributed by atoms with Gasteiger partial charge >= 0.3 is 5.97 Å². The van der Waals surface area contributed by atoms with Crippen molar-refractivity contribution in [3.05, 3.63) is 35.9 Å². The van der Waals surface area contributed by atoms with Crippen molar-refractivity contribution in [2.24, 2.45) is 5.92 Å². The van der Waals surface area contributed by atoms with Crippen molar-refractivity contribution in [2.45, 2.75) is 44.3 Å². The van der Waals surface area contributed by atoms with E-state index in [-0.39, 0.29) is 11.8 Å². The number of carbonyl (C=O) groups excluding carboxylic acids is 2. The molecule has 1 fully saturated rings. The number of ketones is 1. The van der Waals surface area contributed by atoms with Gasteiger partial charge in [0.25, 0.3) is 0 Å². The van der Waals surface area contributed by atoms with Gasteiger partial charge in [-0.15, -0.1) is 11.8 Å². The highest BCUT2D eigenvalue weighted by molar-refractivity contribution is 8.02. The number of thioether (sulfide) groups is 1. The van der Waals surface area contributed by atoms with Crippen LogP contribution in [0.25, 0.3) is 0 Å². The molecule has 1 aliphatic carbocycles. The Morgan fingerprint density at radius 3 is 2.77 bits per heavy atom. The van der Waals surface area contributed by atoms with E-state index >= 15 is 0 Å². The molecule has 3 nitrogen and oxygen atoms in total. The van der Waals surface area contributed by atoms with Gasteiger partial charge in [0.2, 0.25) is 0 Å². The predicted octanol–water partition coefficient (Wildman–Crippen LogP) is 3.65. The van der Waals surface area contributed by atoms with Crippen molar-refractivity contribution in [3.8, 4) is 0 Å². The molecule has 1 saturated carbocycles. The van der Waals surface area contributed by atoms with Crippen LogP contribution >= 0.6 is 11.8 Å². The highest BCUT2D eigenvalue weighted by Crippen LogP contribution is 2.41. The zero-order valence-electron chi connectivity index (χ0n) is 13.3. The van der Waals surface area contributed by atoms with Gasteiger partial charge in [0.15, 0.2) is 10.5 Å². The summed E-state index contributed by atoms with van der Waals surface area (Å²) in [6, 6.07) is 10.2. The van der Waals surface area contributed by atoms with Gasteiger partial charge in [-0.1, -0.05) is 37.3 Å². The summed E-state index contributed by atoms with van der Waals surface area (Å²) < 4.78 is 4.24. The molecule has 0 bridgehead atoms. The lowest BCUT2D eigenvalue weighted by atomic mass is 9.80. The molecule has 2 atom stereocenters. The fraction of sp³-hybridized carbons (Fsp3) is 0.556. The van der Waals surface area contributed by atoms with E-state index in [1.54, 1.807) is 6.92 Å². The number of ether oxygens (including phenoxy) is 1. The molecule has 1 aromatic carbocycles. The SMILES string of the molecule is CCOC(=O)[C@]1(SCCc2ccccc2)CC(C)CCC1=O. The molecule has 0 spiro atoms. The highest BCUT2D eigenvalue weighted by atomic mass is 32.2. The highest BCUT2D eigenvalue weighted by Gasteiger charge is 2.50. The van der Waals surface area contributed by atoms with Gasteiger partial charge in [0, 0.05) is 6.42 Å². The summed E-state index contributed by atoms with van der Waals surface area (Å²) in [6.45, 7) is 4.22. The van der Waals surface area contributed by atoms with E-state index in [0.717, 1.165) is 18.6 Å². The van der Waals surface area contributed by atoms with Crippen molar-refractivity contribution >= 4 is 23.5 Å². The van der Waals surface area contributed by atoms with E-state index in [1.807, 2.05) is 18.2 Å². The maximum Gasteiger partial charge on any atom is 0.329 e. The van der Waals surface area contributed by atoms with Gasteiger partial charge in [-0.3, -0.25) is 9.59 Å². The molecular formula is C18H24O3S. The molecule has 0 N–H and O–H groups in total. The lowest BCUT2D eigenvalue weighted by Crippen LogP contribution is -2.49. The fourth-order valence-corrected chi connectivity index (χ4v) is 4.45. The topological polar surface area (TPSA) is 43.4 Å². The van der Waals surface area contributed by atoms with Crippen molar-refractivity contribution in [1.82, 2.24) is 0 Å². The molecule has 0 heterocycles. The second-order valence-electron chi connectivity index (χ2n) is 5.90. The summed E-state index contributed by atoms with van der Waals surface area (Å²) in [6.07, 6.45) is 2.82. The number of aryl methyl sites for hydroxylation is 1. The summed E-state index contributed by atoms with van der Waals surface area (Å²) in [5, 5.41) is 0. The van der Waals surface area contributed by atoms with Gasteiger partial charge in [0.05, 0.1) is 6.61 Å². The van der Waals surface area contributed by atoms with Crippen molar-refractivity contribution in [1.29, 1.82) is 0 Å². The smallest absolute Gasteiger partial charge is 0.329 e. The third-order valence-corrected chi connectivity index (χ3v) is 5.60. The van der Waals surface area contributed by atoms with E-state index in [1.165, 1.54) is 17.3 Å². The third kappa shape index (κ3) is 3.92. The standard InChI is InChI=1S/C18H24O3S/c1-3-21-17(20)18(13-14(2)9-10-16(18)19)22-12-11-15-7-5-4-6-8-15/h4-8,14H,3,9-13H2,1-2H3/t14?,18-/m0/s1. The summed E-state index contributed by atoms with van der Waals surface area (Å²) in [5.41, 5.74) is 1.23. The van der Waals surface area contributed by atoms with Crippen LogP contribution in [0.5, 0.6) is 0 Å². The van der Waals surface area contributed by atoms with Crippen LogP contribution < -0.4 is 0 Å². The van der Waals surface area contributed by atoms with Gasteiger partial charge < -0.3 is 4.74 Å². The Balaban J connectivity index is 2.07. The average Bonchev–Trinajstić information content (AvgIpc) is 2.52. The zero-order chi connectivity index (χ0) is 16.0. The Hall–Kier alpha value is -1.29. The average molecular weight is 320 g/mol. The molecule has 4 heteroatoms. The lowest BCUT2D eigenvalue weighted by Gasteiger charge is -2.35. The van der Waals surface area contributed by atoms with E-state index in [2.05, 4.69) is 19.1 Å². The van der Waals surface area contributed by atoms with Gasteiger partial charge in [-0.2, -0.15) is 0 Å². The van der Waals surface area contributed by atoms with Crippen LogP contribution in [0.15, 0.2) is 30.3 Å². The second kappa shape index (κ2) is 7.82. The number of carbonyl (C=O) groups is 2. The molecule has 0 amide bonds. The number of Topliss-reactive ketones (excluding diaryl/α,β-unsaturated/α-hetero) is 1. The first-order valence-electron chi connectivity index (χ1n) is 7.97. The van der Waals surface area contributed by atoms with Crippen LogP contribution in [0.2, 0.25) is 0 Å². The van der Waals surface area contributed by atoms with E-state index in [0.29, 0.717) is 25.4 Å². The lowest BCUT2D eigenvalue weighted by molar-refractivity contribution is -0.150. The maximum atomic E-state index is 12.5. The molecule has 0 aromatic heterocycles. The molecule has 0 radical (unpaired) electrons. The number of hydrogen-bond donors (Lipinski definition) is 0. The molecule has 0 saturated heterocycles. The monoisotopic (exact) mass is 320 g/mol. The molecule has 0 aliphatic heterocycles. The van der Waals surface area contributed by atoms with Crippen molar-refractivity contribution < 1.29 is 14.3 Å². The Morgan fingerprint density at radius 2 is 2.09 bits per heavy atom. The van der Waals surface area contributed by atoms with E-state index in [9.17, 15) is 9.59 Å². The molecular weight excluding hydrogens is 296 g/mol. The number of rotatable bonds is 6. The van der Waals surface area contributed by atoms with Gasteiger partial charge in [-0.05, 0) is 43.4 Å². The predicted molar refractivity (Wildman–Crippen MR) is 90.0 cm³/mol. The number of hydrogen-bond acceptors (Lipinski definition) is 4. The van der Waals surface area contributed by atoms with Crippen LogP contribution in [0.1, 0.15) is 38.7 Å². The summed E-state index contributed by atoms with van der Waals surface area (Å²) in [7, 11) is 0. The molecule has 1 aromatic rings. The first kappa shape index (κ1) is 17.1. The summed E-state index contributed by atoms with van der Waals surface area (Å²) in [4.78, 5) is 25.0. The molecule has 1 unspecified atom stereocenters. The molecule has 120 valence electrons. The molecule has 22 heavy (non-hydrogen) atoms. The maximum absolute atomic E-state index is 12.5. The minimum atomic E-state index is -0.984.